The van der Waals surface area contributed by atoms with Crippen molar-refractivity contribution < 1.29 is 14.7 Å². The highest BCUT2D eigenvalue weighted by Crippen LogP contribution is 2.24. The number of rotatable bonds is 7. The second-order valence-corrected chi connectivity index (χ2v) is 4.85. The van der Waals surface area contributed by atoms with Gasteiger partial charge in [0.1, 0.15) is 0 Å². The molecule has 4 N–H and O–H groups in total. The Labute approximate surface area is 116 Å². The van der Waals surface area contributed by atoms with Crippen LogP contribution in [0.4, 0.5) is 5.69 Å². The Morgan fingerprint density at radius 3 is 2.74 bits per heavy atom. The van der Waals surface area contributed by atoms with Crippen molar-refractivity contribution in [3.05, 3.63) is 28.8 Å². The maximum atomic E-state index is 11.3. The molecule has 0 saturated heterocycles. The average molecular weight is 285 g/mol. The third-order valence-electron chi connectivity index (χ3n) is 2.75. The van der Waals surface area contributed by atoms with Crippen molar-refractivity contribution in [2.45, 2.75) is 19.8 Å². The summed E-state index contributed by atoms with van der Waals surface area (Å²) in [7, 11) is 0. The van der Waals surface area contributed by atoms with E-state index in [9.17, 15) is 9.59 Å². The van der Waals surface area contributed by atoms with Gasteiger partial charge in [0.15, 0.2) is 0 Å². The third kappa shape index (κ3) is 4.79. The van der Waals surface area contributed by atoms with E-state index < -0.39 is 11.9 Å². The van der Waals surface area contributed by atoms with Gasteiger partial charge < -0.3 is 16.2 Å². The van der Waals surface area contributed by atoms with Gasteiger partial charge in [-0.25, -0.2) is 0 Å². The Morgan fingerprint density at radius 1 is 1.47 bits per heavy atom. The van der Waals surface area contributed by atoms with Gasteiger partial charge in [-0.15, -0.1) is 0 Å². The maximum Gasteiger partial charge on any atom is 0.303 e. The minimum absolute atomic E-state index is 0.126. The Hall–Kier alpha value is -1.75. The molecule has 0 radical (unpaired) electrons. The Morgan fingerprint density at radius 2 is 2.16 bits per heavy atom. The highest BCUT2D eigenvalue weighted by Gasteiger charge is 2.13. The number of benzene rings is 1. The number of amides is 1. The molecule has 0 spiro atoms. The fraction of sp³-hybridized carbons (Fsp3) is 0.385. The molecule has 1 aromatic carbocycles. The molecule has 0 heterocycles. The molecule has 0 aliphatic carbocycles. The SMILES string of the molecule is CC(CCC(=O)O)CNc1cccc(Cl)c1C(N)=O. The van der Waals surface area contributed by atoms with Crippen LogP contribution in [0, 0.1) is 5.92 Å². The van der Waals surface area contributed by atoms with Crippen LogP contribution in [0.15, 0.2) is 18.2 Å². The maximum absolute atomic E-state index is 11.3. The van der Waals surface area contributed by atoms with Crippen LogP contribution in [0.5, 0.6) is 0 Å². The molecule has 0 saturated carbocycles. The molecule has 0 aliphatic rings. The predicted octanol–water partition coefficient (Wildman–Crippen LogP) is 2.35. The summed E-state index contributed by atoms with van der Waals surface area (Å²) < 4.78 is 0. The molecule has 104 valence electrons. The molecular formula is C13H17ClN2O3. The van der Waals surface area contributed by atoms with Crippen molar-refractivity contribution in [3.8, 4) is 0 Å². The van der Waals surface area contributed by atoms with Crippen molar-refractivity contribution in [1.82, 2.24) is 0 Å². The van der Waals surface area contributed by atoms with E-state index >= 15 is 0 Å². The van der Waals surface area contributed by atoms with Gasteiger partial charge >= 0.3 is 5.97 Å². The molecule has 0 bridgehead atoms. The van der Waals surface area contributed by atoms with Crippen LogP contribution in [0.25, 0.3) is 0 Å². The molecule has 19 heavy (non-hydrogen) atoms. The zero-order valence-electron chi connectivity index (χ0n) is 10.6. The molecule has 6 heteroatoms. The highest BCUT2D eigenvalue weighted by molar-refractivity contribution is 6.34. The molecule has 1 aromatic rings. The number of anilines is 1. The largest absolute Gasteiger partial charge is 0.481 e. The lowest BCUT2D eigenvalue weighted by molar-refractivity contribution is -0.137. The minimum Gasteiger partial charge on any atom is -0.481 e. The van der Waals surface area contributed by atoms with Gasteiger partial charge in [-0.2, -0.15) is 0 Å². The number of hydrogen-bond donors (Lipinski definition) is 3. The van der Waals surface area contributed by atoms with Gasteiger partial charge in [-0.1, -0.05) is 24.6 Å². The lowest BCUT2D eigenvalue weighted by Gasteiger charge is -2.15. The predicted molar refractivity (Wildman–Crippen MR) is 74.5 cm³/mol. The summed E-state index contributed by atoms with van der Waals surface area (Å²) in [5, 5.41) is 12.0. The summed E-state index contributed by atoms with van der Waals surface area (Å²) in [6, 6.07) is 5.04. The number of halogens is 1. The van der Waals surface area contributed by atoms with Crippen molar-refractivity contribution in [2.24, 2.45) is 11.7 Å². The van der Waals surface area contributed by atoms with Crippen LogP contribution in [-0.2, 0) is 4.79 Å². The zero-order chi connectivity index (χ0) is 14.4. The first-order valence-corrected chi connectivity index (χ1v) is 6.33. The Bertz CT molecular complexity index is 477. The van der Waals surface area contributed by atoms with Crippen LogP contribution in [-0.4, -0.2) is 23.5 Å². The fourth-order valence-corrected chi connectivity index (χ4v) is 1.95. The summed E-state index contributed by atoms with van der Waals surface area (Å²) >= 11 is 5.92. The van der Waals surface area contributed by atoms with E-state index in [4.69, 9.17) is 22.4 Å². The van der Waals surface area contributed by atoms with Gasteiger partial charge in [-0.3, -0.25) is 9.59 Å². The van der Waals surface area contributed by atoms with E-state index in [0.29, 0.717) is 23.7 Å². The van der Waals surface area contributed by atoms with Gasteiger partial charge in [0.05, 0.1) is 10.6 Å². The molecule has 0 fully saturated rings. The molecule has 1 amide bonds. The van der Waals surface area contributed by atoms with Gasteiger partial charge in [0.25, 0.3) is 5.91 Å². The number of primary amides is 1. The molecule has 0 aromatic heterocycles. The standard InChI is InChI=1S/C13H17ClN2O3/c1-8(5-6-11(17)18)7-16-10-4-2-3-9(14)12(10)13(15)19/h2-4,8,16H,5-7H2,1H3,(H2,15,19)(H,17,18). The van der Waals surface area contributed by atoms with Crippen LogP contribution in [0.1, 0.15) is 30.1 Å². The van der Waals surface area contributed by atoms with Gasteiger partial charge in [-0.05, 0) is 24.5 Å². The number of aliphatic carboxylic acids is 1. The quantitative estimate of drug-likeness (QED) is 0.716. The number of nitrogens with one attached hydrogen (secondary N) is 1. The van der Waals surface area contributed by atoms with E-state index in [1.165, 1.54) is 0 Å². The molecule has 1 rings (SSSR count). The van der Waals surface area contributed by atoms with E-state index in [-0.39, 0.29) is 17.9 Å². The third-order valence-corrected chi connectivity index (χ3v) is 3.07. The smallest absolute Gasteiger partial charge is 0.303 e. The van der Waals surface area contributed by atoms with Crippen molar-refractivity contribution >= 4 is 29.2 Å². The van der Waals surface area contributed by atoms with Gasteiger partial charge in [0.2, 0.25) is 0 Å². The normalized spacial score (nSPS) is 11.9. The average Bonchev–Trinajstić information content (AvgIpc) is 2.33. The summed E-state index contributed by atoms with van der Waals surface area (Å²) in [5.74, 6) is -1.24. The van der Waals surface area contributed by atoms with Crippen molar-refractivity contribution in [2.75, 3.05) is 11.9 Å². The van der Waals surface area contributed by atoms with E-state index in [1.807, 2.05) is 6.92 Å². The Kier molecular flexibility index (Phi) is 5.63. The summed E-state index contributed by atoms with van der Waals surface area (Å²) in [6.45, 7) is 2.48. The lowest BCUT2D eigenvalue weighted by atomic mass is 10.1. The number of carbonyl (C=O) groups excluding carboxylic acids is 1. The van der Waals surface area contributed by atoms with E-state index in [0.717, 1.165) is 0 Å². The highest BCUT2D eigenvalue weighted by atomic mass is 35.5. The Balaban J connectivity index is 2.65. The first-order valence-electron chi connectivity index (χ1n) is 5.95. The second kappa shape index (κ2) is 6.99. The van der Waals surface area contributed by atoms with Crippen molar-refractivity contribution in [1.29, 1.82) is 0 Å². The summed E-state index contributed by atoms with van der Waals surface area (Å²) in [5.41, 5.74) is 6.11. The second-order valence-electron chi connectivity index (χ2n) is 4.45. The zero-order valence-corrected chi connectivity index (χ0v) is 11.4. The number of carbonyl (C=O) groups is 2. The van der Waals surface area contributed by atoms with Crippen LogP contribution < -0.4 is 11.1 Å². The number of nitrogens with two attached hydrogens (primary N) is 1. The molecule has 1 atom stereocenters. The lowest BCUT2D eigenvalue weighted by Crippen LogP contribution is -2.18. The fourth-order valence-electron chi connectivity index (χ4n) is 1.68. The number of carboxylic acids is 1. The topological polar surface area (TPSA) is 92.4 Å². The summed E-state index contributed by atoms with van der Waals surface area (Å²) in [6.07, 6.45) is 0.690. The van der Waals surface area contributed by atoms with E-state index in [2.05, 4.69) is 5.32 Å². The monoisotopic (exact) mass is 284 g/mol. The van der Waals surface area contributed by atoms with Gasteiger partial charge in [0, 0.05) is 18.7 Å². The minimum atomic E-state index is -0.813. The number of carboxylic acid groups (broad SMARTS) is 1. The first kappa shape index (κ1) is 15.3. The summed E-state index contributed by atoms with van der Waals surface area (Å²) in [4.78, 5) is 21.8. The number of hydrogen-bond acceptors (Lipinski definition) is 3. The van der Waals surface area contributed by atoms with Crippen LogP contribution in [0.3, 0.4) is 0 Å². The van der Waals surface area contributed by atoms with Crippen molar-refractivity contribution in [3.63, 3.8) is 0 Å². The van der Waals surface area contributed by atoms with E-state index in [1.54, 1.807) is 18.2 Å². The van der Waals surface area contributed by atoms with Crippen LogP contribution >= 0.6 is 11.6 Å². The van der Waals surface area contributed by atoms with Crippen LogP contribution in [0.2, 0.25) is 5.02 Å². The molecule has 1 unspecified atom stereocenters. The molecule has 0 aliphatic heterocycles. The first-order chi connectivity index (χ1) is 8.91. The molecule has 5 nitrogen and oxygen atoms in total. The molecular weight excluding hydrogens is 268 g/mol.